The lowest BCUT2D eigenvalue weighted by atomic mass is 10.1. The maximum atomic E-state index is 11.0. The van der Waals surface area contributed by atoms with Gasteiger partial charge in [-0.15, -0.1) is 0 Å². The Hall–Kier alpha value is -2.76. The molecular weight excluding hydrogens is 302 g/mol. The number of aliphatic imine (C=N–C) groups is 1. The fourth-order valence-electron chi connectivity index (χ4n) is 2.33. The molecule has 0 fully saturated rings. The summed E-state index contributed by atoms with van der Waals surface area (Å²) >= 11 is 0. The third kappa shape index (κ3) is 6.16. The third-order valence-corrected chi connectivity index (χ3v) is 3.53. The Labute approximate surface area is 143 Å². The second-order valence-corrected chi connectivity index (χ2v) is 5.47. The van der Waals surface area contributed by atoms with Crippen molar-refractivity contribution in [2.24, 2.45) is 4.99 Å². The second-order valence-electron chi connectivity index (χ2n) is 5.47. The second kappa shape index (κ2) is 9.39. The van der Waals surface area contributed by atoms with Crippen molar-refractivity contribution < 1.29 is 4.79 Å². The van der Waals surface area contributed by atoms with Gasteiger partial charge in [0, 0.05) is 51.7 Å². The molecule has 3 N–H and O–H groups in total. The van der Waals surface area contributed by atoms with Crippen LogP contribution in [0.15, 0.2) is 53.8 Å². The van der Waals surface area contributed by atoms with Crippen molar-refractivity contribution in [1.82, 2.24) is 15.2 Å². The summed E-state index contributed by atoms with van der Waals surface area (Å²) in [5.41, 5.74) is 2.03. The van der Waals surface area contributed by atoms with E-state index in [2.05, 4.69) is 25.5 Å². The van der Waals surface area contributed by atoms with Crippen LogP contribution in [0, 0.1) is 0 Å². The normalized spacial score (nSPS) is 11.2. The summed E-state index contributed by atoms with van der Waals surface area (Å²) in [6.07, 6.45) is 4.98. The van der Waals surface area contributed by atoms with E-state index in [-0.39, 0.29) is 5.91 Å². The minimum atomic E-state index is -0.0563. The first kappa shape index (κ1) is 17.6. The molecule has 0 aliphatic rings. The van der Waals surface area contributed by atoms with Gasteiger partial charge in [-0.2, -0.15) is 0 Å². The average molecular weight is 327 g/mol. The number of aromatic nitrogens is 1. The summed E-state index contributed by atoms with van der Waals surface area (Å²) in [5.74, 6) is 0.747. The molecule has 0 spiro atoms. The van der Waals surface area contributed by atoms with Gasteiger partial charge in [0.2, 0.25) is 5.91 Å². The lowest BCUT2D eigenvalue weighted by molar-refractivity contribution is -0.114. The predicted molar refractivity (Wildman–Crippen MR) is 98.2 cm³/mol. The van der Waals surface area contributed by atoms with Crippen LogP contribution in [0.2, 0.25) is 0 Å². The Morgan fingerprint density at radius 1 is 1.08 bits per heavy atom. The van der Waals surface area contributed by atoms with Crippen molar-refractivity contribution >= 4 is 17.6 Å². The number of nitrogens with zero attached hydrogens (tertiary/aromatic N) is 2. The van der Waals surface area contributed by atoms with Gasteiger partial charge in [0.25, 0.3) is 0 Å². The molecule has 128 valence electrons. The number of hydrogen-bond donors (Lipinski definition) is 3. The van der Waals surface area contributed by atoms with Crippen LogP contribution >= 0.6 is 0 Å². The van der Waals surface area contributed by atoms with E-state index in [0.29, 0.717) is 0 Å². The molecule has 1 aromatic carbocycles. The van der Waals surface area contributed by atoms with Crippen molar-refractivity contribution in [3.63, 3.8) is 0 Å². The fourth-order valence-corrected chi connectivity index (χ4v) is 2.33. The number of anilines is 1. The van der Waals surface area contributed by atoms with E-state index in [1.165, 1.54) is 12.5 Å². The van der Waals surface area contributed by atoms with Gasteiger partial charge in [0.1, 0.15) is 0 Å². The van der Waals surface area contributed by atoms with E-state index >= 15 is 0 Å². The molecule has 24 heavy (non-hydrogen) atoms. The van der Waals surface area contributed by atoms with Gasteiger partial charge >= 0.3 is 0 Å². The number of nitrogens with one attached hydrogen (secondary N) is 3. The Bertz CT molecular complexity index is 647. The van der Waals surface area contributed by atoms with E-state index in [1.807, 2.05) is 48.8 Å². The van der Waals surface area contributed by atoms with Crippen molar-refractivity contribution in [2.75, 3.05) is 25.5 Å². The minimum absolute atomic E-state index is 0.0563. The predicted octanol–water partition coefficient (Wildman–Crippen LogP) is 1.85. The van der Waals surface area contributed by atoms with E-state index in [1.54, 1.807) is 7.05 Å². The number of hydrogen-bond acceptors (Lipinski definition) is 2. The van der Waals surface area contributed by atoms with E-state index < -0.39 is 0 Å². The zero-order valence-corrected chi connectivity index (χ0v) is 14.2. The maximum Gasteiger partial charge on any atom is 0.221 e. The number of amides is 1. The molecule has 0 aliphatic heterocycles. The Kier molecular flexibility index (Phi) is 6.89. The van der Waals surface area contributed by atoms with Crippen LogP contribution in [0.1, 0.15) is 12.5 Å². The zero-order valence-electron chi connectivity index (χ0n) is 14.2. The van der Waals surface area contributed by atoms with Gasteiger partial charge < -0.3 is 20.5 Å². The Morgan fingerprint density at radius 3 is 2.38 bits per heavy atom. The van der Waals surface area contributed by atoms with Gasteiger partial charge in [-0.3, -0.25) is 9.79 Å². The van der Waals surface area contributed by atoms with Crippen LogP contribution in [0.4, 0.5) is 5.69 Å². The topological polar surface area (TPSA) is 70.4 Å². The van der Waals surface area contributed by atoms with Gasteiger partial charge in [-0.05, 0) is 36.2 Å². The van der Waals surface area contributed by atoms with Crippen LogP contribution in [-0.2, 0) is 17.8 Å². The number of carbonyl (C=O) groups is 1. The average Bonchev–Trinajstić information content (AvgIpc) is 3.08. The van der Waals surface area contributed by atoms with Gasteiger partial charge in [0.05, 0.1) is 0 Å². The first-order valence-corrected chi connectivity index (χ1v) is 8.09. The molecule has 0 saturated carbocycles. The monoisotopic (exact) mass is 327 g/mol. The van der Waals surface area contributed by atoms with Crippen molar-refractivity contribution in [1.29, 1.82) is 0 Å². The number of benzene rings is 1. The standard InChI is InChI=1S/C18H25N5O/c1-15(24)22-17-7-5-16(6-8-17)9-10-20-18(19-2)21-11-14-23-12-3-4-13-23/h3-8,12-13H,9-11,14H2,1-2H3,(H,22,24)(H2,19,20,21). The quantitative estimate of drug-likeness (QED) is 0.537. The first-order chi connectivity index (χ1) is 11.7. The van der Waals surface area contributed by atoms with Gasteiger partial charge in [-0.25, -0.2) is 0 Å². The molecule has 1 aromatic heterocycles. The highest BCUT2D eigenvalue weighted by Crippen LogP contribution is 2.09. The maximum absolute atomic E-state index is 11.0. The fraction of sp³-hybridized carbons (Fsp3) is 0.333. The highest BCUT2D eigenvalue weighted by Gasteiger charge is 1.99. The Morgan fingerprint density at radius 2 is 1.75 bits per heavy atom. The SMILES string of the molecule is CN=C(NCCc1ccc(NC(C)=O)cc1)NCCn1cccc1. The van der Waals surface area contributed by atoms with Crippen molar-refractivity contribution in [3.8, 4) is 0 Å². The molecule has 2 aromatic rings. The lowest BCUT2D eigenvalue weighted by Crippen LogP contribution is -2.39. The molecule has 6 heteroatoms. The number of guanidine groups is 1. The van der Waals surface area contributed by atoms with Crippen molar-refractivity contribution in [3.05, 3.63) is 54.4 Å². The van der Waals surface area contributed by atoms with E-state index in [0.717, 1.165) is 37.7 Å². The third-order valence-electron chi connectivity index (χ3n) is 3.53. The van der Waals surface area contributed by atoms with Crippen LogP contribution in [-0.4, -0.2) is 36.6 Å². The molecule has 1 amide bonds. The molecule has 0 atom stereocenters. The first-order valence-electron chi connectivity index (χ1n) is 8.09. The van der Waals surface area contributed by atoms with Gasteiger partial charge in [-0.1, -0.05) is 12.1 Å². The molecule has 0 radical (unpaired) electrons. The van der Waals surface area contributed by atoms with E-state index in [4.69, 9.17) is 0 Å². The highest BCUT2D eigenvalue weighted by molar-refractivity contribution is 5.88. The summed E-state index contributed by atoms with van der Waals surface area (Å²) in [7, 11) is 1.77. The summed E-state index contributed by atoms with van der Waals surface area (Å²) < 4.78 is 2.12. The number of carbonyl (C=O) groups excluding carboxylic acids is 1. The molecule has 1 heterocycles. The van der Waals surface area contributed by atoms with Gasteiger partial charge in [0.15, 0.2) is 5.96 Å². The number of rotatable bonds is 7. The van der Waals surface area contributed by atoms with Crippen LogP contribution in [0.5, 0.6) is 0 Å². The molecule has 6 nitrogen and oxygen atoms in total. The zero-order chi connectivity index (χ0) is 17.2. The Balaban J connectivity index is 1.68. The molecule has 0 unspecified atom stereocenters. The van der Waals surface area contributed by atoms with Crippen molar-refractivity contribution in [2.45, 2.75) is 19.9 Å². The smallest absolute Gasteiger partial charge is 0.221 e. The summed E-state index contributed by atoms with van der Waals surface area (Å²) in [6, 6.07) is 11.9. The summed E-state index contributed by atoms with van der Waals surface area (Å²) in [6.45, 7) is 4.02. The van der Waals surface area contributed by atoms with E-state index in [9.17, 15) is 4.79 Å². The lowest BCUT2D eigenvalue weighted by Gasteiger charge is -2.12. The summed E-state index contributed by atoms with van der Waals surface area (Å²) in [5, 5.41) is 9.36. The summed E-state index contributed by atoms with van der Waals surface area (Å²) in [4.78, 5) is 15.2. The van der Waals surface area contributed by atoms with Crippen LogP contribution in [0.25, 0.3) is 0 Å². The van der Waals surface area contributed by atoms with Crippen LogP contribution in [0.3, 0.4) is 0 Å². The largest absolute Gasteiger partial charge is 0.356 e. The minimum Gasteiger partial charge on any atom is -0.356 e. The highest BCUT2D eigenvalue weighted by atomic mass is 16.1. The van der Waals surface area contributed by atoms with Crippen LogP contribution < -0.4 is 16.0 Å². The molecule has 0 saturated heterocycles. The molecule has 0 aliphatic carbocycles. The molecule has 0 bridgehead atoms. The molecular formula is C18H25N5O. The molecule has 2 rings (SSSR count).